The summed E-state index contributed by atoms with van der Waals surface area (Å²) in [5.41, 5.74) is -0.218. The normalized spacial score (nSPS) is 14.8. The van der Waals surface area contributed by atoms with E-state index in [2.05, 4.69) is 20.9 Å². The van der Waals surface area contributed by atoms with E-state index in [4.69, 9.17) is 21.1 Å². The maximum atomic E-state index is 13.1. The van der Waals surface area contributed by atoms with Gasteiger partial charge < -0.3 is 14.2 Å². The number of nitrogens with zero attached hydrogens (tertiary/aromatic N) is 2. The van der Waals surface area contributed by atoms with Crippen molar-refractivity contribution in [3.05, 3.63) is 47.8 Å². The van der Waals surface area contributed by atoms with E-state index in [9.17, 15) is 4.79 Å². The molecule has 1 amide bonds. The molecular formula is C20H25BrN2O4. The van der Waals surface area contributed by atoms with Gasteiger partial charge in [-0.2, -0.15) is 0 Å². The van der Waals surface area contributed by atoms with E-state index < -0.39 is 24.0 Å². The van der Waals surface area contributed by atoms with Crippen molar-refractivity contribution in [1.82, 2.24) is 4.98 Å². The van der Waals surface area contributed by atoms with E-state index in [1.807, 2.05) is 0 Å². The highest BCUT2D eigenvalue weighted by Crippen LogP contribution is 2.31. The molecule has 0 bridgehead atoms. The number of methoxy groups -OCH3 is 2. The minimum absolute atomic E-state index is 0.000446. The molecule has 1 heterocycles. The van der Waals surface area contributed by atoms with E-state index in [1.54, 1.807) is 45.0 Å². The van der Waals surface area contributed by atoms with Crippen molar-refractivity contribution in [3.63, 3.8) is 0 Å². The summed E-state index contributed by atoms with van der Waals surface area (Å²) in [7, 11) is -1.28. The summed E-state index contributed by atoms with van der Waals surface area (Å²) < 4.78 is 53.9. The molecule has 1 aromatic carbocycles. The Labute approximate surface area is 175 Å². The molecular weight excluding hydrogens is 412 g/mol. The van der Waals surface area contributed by atoms with Crippen molar-refractivity contribution < 1.29 is 25.9 Å². The fourth-order valence-corrected chi connectivity index (χ4v) is 2.47. The number of aromatic nitrogens is 1. The zero-order chi connectivity index (χ0) is 24.3. The largest absolute Gasteiger partial charge is 0.497 e. The van der Waals surface area contributed by atoms with Crippen LogP contribution in [0.3, 0.4) is 0 Å². The van der Waals surface area contributed by atoms with Crippen LogP contribution >= 0.6 is 15.9 Å². The van der Waals surface area contributed by atoms with E-state index in [0.29, 0.717) is 11.3 Å². The van der Waals surface area contributed by atoms with Gasteiger partial charge in [-0.3, -0.25) is 9.88 Å². The monoisotopic (exact) mass is 441 g/mol. The second-order valence-electron chi connectivity index (χ2n) is 6.65. The molecule has 1 aromatic heterocycles. The van der Waals surface area contributed by atoms with Gasteiger partial charge in [-0.25, -0.2) is 4.79 Å². The molecule has 146 valence electrons. The van der Waals surface area contributed by atoms with Gasteiger partial charge in [0.15, 0.2) is 5.75 Å². The minimum Gasteiger partial charge on any atom is -0.497 e. The molecule has 0 saturated carbocycles. The lowest BCUT2D eigenvalue weighted by molar-refractivity contribution is 0.0576. The highest BCUT2D eigenvalue weighted by Gasteiger charge is 2.26. The van der Waals surface area contributed by atoms with Gasteiger partial charge in [0.2, 0.25) is 0 Å². The first-order valence-electron chi connectivity index (χ1n) is 10.6. The quantitative estimate of drug-likeness (QED) is 0.594. The number of alkyl halides is 1. The van der Waals surface area contributed by atoms with Crippen molar-refractivity contribution in [3.8, 4) is 11.5 Å². The Kier molecular flexibility index (Phi) is 4.96. The van der Waals surface area contributed by atoms with Gasteiger partial charge in [-0.05, 0) is 44.5 Å². The Morgan fingerprint density at radius 1 is 1.30 bits per heavy atom. The lowest BCUT2D eigenvalue weighted by atomic mass is 10.2. The number of ether oxygens (including phenoxy) is 3. The summed E-state index contributed by atoms with van der Waals surface area (Å²) in [4.78, 5) is 18.2. The molecule has 0 radical (unpaired) electrons. The van der Waals surface area contributed by atoms with Crippen LogP contribution in [0.5, 0.6) is 11.5 Å². The molecule has 2 aromatic rings. The summed E-state index contributed by atoms with van der Waals surface area (Å²) in [6.07, 6.45) is 0.303. The summed E-state index contributed by atoms with van der Waals surface area (Å²) in [6.45, 7) is 5.09. The zero-order valence-corrected chi connectivity index (χ0v) is 17.2. The van der Waals surface area contributed by atoms with E-state index in [0.717, 1.165) is 6.20 Å². The second-order valence-corrected chi connectivity index (χ2v) is 7.04. The van der Waals surface area contributed by atoms with Gasteiger partial charge in [-0.15, -0.1) is 0 Å². The molecule has 0 N–H and O–H groups in total. The number of anilines is 1. The van der Waals surface area contributed by atoms with Gasteiger partial charge in [0.1, 0.15) is 11.4 Å². The SMILES string of the molecule is [2H]C([2H])([2H])Oc1cnc(C([2H])([2H])Br)cc1N(Cc1ccc(OC)cc1)C(=O)OC(C)(C)C. The molecule has 7 heteroatoms. The first kappa shape index (κ1) is 14.7. The maximum Gasteiger partial charge on any atom is 0.415 e. The molecule has 0 aliphatic heterocycles. The highest BCUT2D eigenvalue weighted by molar-refractivity contribution is 9.08. The predicted molar refractivity (Wildman–Crippen MR) is 109 cm³/mol. The minimum atomic E-state index is -2.81. The number of benzene rings is 1. The number of amides is 1. The summed E-state index contributed by atoms with van der Waals surface area (Å²) >= 11 is 2.89. The Morgan fingerprint density at radius 3 is 2.56 bits per heavy atom. The zero-order valence-electron chi connectivity index (χ0n) is 20.6. The number of rotatable bonds is 6. The first-order chi connectivity index (χ1) is 14.6. The van der Waals surface area contributed by atoms with Crippen LogP contribution in [0.15, 0.2) is 36.5 Å². The van der Waals surface area contributed by atoms with Crippen molar-refractivity contribution >= 4 is 27.7 Å². The van der Waals surface area contributed by atoms with Crippen LogP contribution in [0.4, 0.5) is 10.5 Å². The van der Waals surface area contributed by atoms with Crippen molar-refractivity contribution in [2.75, 3.05) is 19.0 Å². The maximum absolute atomic E-state index is 13.1. The topological polar surface area (TPSA) is 60.9 Å². The number of halogens is 1. The Bertz CT molecular complexity index is 941. The van der Waals surface area contributed by atoms with Gasteiger partial charge >= 0.3 is 6.09 Å². The van der Waals surface area contributed by atoms with Crippen LogP contribution in [-0.4, -0.2) is 30.8 Å². The van der Waals surface area contributed by atoms with Gasteiger partial charge in [0.25, 0.3) is 0 Å². The summed E-state index contributed by atoms with van der Waals surface area (Å²) in [6, 6.07) is 8.18. The standard InChI is InChI=1S/C20H25BrN2O4/c1-20(2,3)27-19(24)23(13-14-6-8-16(25-4)9-7-14)17-10-15(11-21)22-12-18(17)26-5/h6-10,12H,11,13H2,1-5H3/i5D3,11D2. The Balaban J connectivity index is 2.61. The molecule has 0 spiro atoms. The number of carbonyl (C=O) groups excluding carboxylic acids is 1. The van der Waals surface area contributed by atoms with Gasteiger partial charge in [0.05, 0.1) is 42.4 Å². The van der Waals surface area contributed by atoms with Gasteiger partial charge in [0, 0.05) is 8.02 Å². The van der Waals surface area contributed by atoms with Crippen LogP contribution in [0.25, 0.3) is 0 Å². The highest BCUT2D eigenvalue weighted by atomic mass is 79.9. The van der Waals surface area contributed by atoms with Crippen LogP contribution in [0, 0.1) is 0 Å². The van der Waals surface area contributed by atoms with E-state index >= 15 is 0 Å². The van der Waals surface area contributed by atoms with Gasteiger partial charge in [-0.1, -0.05) is 28.1 Å². The van der Waals surface area contributed by atoms with Crippen molar-refractivity contribution in [2.24, 2.45) is 0 Å². The number of hydrogen-bond acceptors (Lipinski definition) is 5. The number of hydrogen-bond donors (Lipinski definition) is 0. The lowest BCUT2D eigenvalue weighted by Crippen LogP contribution is -2.36. The third-order valence-corrected chi connectivity index (χ3v) is 3.86. The molecule has 0 aliphatic carbocycles. The molecule has 0 atom stereocenters. The fraction of sp³-hybridized carbons (Fsp3) is 0.400. The molecule has 0 fully saturated rings. The van der Waals surface area contributed by atoms with E-state index in [1.165, 1.54) is 18.1 Å². The predicted octanol–water partition coefficient (Wildman–Crippen LogP) is 4.94. The van der Waals surface area contributed by atoms with E-state index in [-0.39, 0.29) is 23.7 Å². The Hall–Kier alpha value is -2.28. The molecule has 2 rings (SSSR count). The average Bonchev–Trinajstić information content (AvgIpc) is 2.63. The summed E-state index contributed by atoms with van der Waals surface area (Å²) in [5.74, 6) is 0.410. The van der Waals surface area contributed by atoms with Crippen LogP contribution < -0.4 is 14.4 Å². The molecule has 27 heavy (non-hydrogen) atoms. The Morgan fingerprint density at radius 2 is 2.00 bits per heavy atom. The average molecular weight is 442 g/mol. The number of pyridine rings is 1. The molecule has 0 aliphatic rings. The summed E-state index contributed by atoms with van der Waals surface area (Å²) in [5, 5.41) is -2.03. The third-order valence-electron chi connectivity index (χ3n) is 3.46. The van der Waals surface area contributed by atoms with Crippen molar-refractivity contribution in [2.45, 2.75) is 38.2 Å². The van der Waals surface area contributed by atoms with Crippen LogP contribution in [0.2, 0.25) is 0 Å². The number of carbonyl (C=O) groups is 1. The second kappa shape index (κ2) is 9.08. The smallest absolute Gasteiger partial charge is 0.415 e. The molecule has 6 nitrogen and oxygen atoms in total. The van der Waals surface area contributed by atoms with Crippen LogP contribution in [-0.2, 0) is 16.6 Å². The fourth-order valence-electron chi connectivity index (χ4n) is 2.25. The lowest BCUT2D eigenvalue weighted by Gasteiger charge is -2.28. The third kappa shape index (κ3) is 5.85. The molecule has 0 unspecified atom stereocenters. The van der Waals surface area contributed by atoms with Crippen LogP contribution in [0.1, 0.15) is 38.9 Å². The molecule has 0 saturated heterocycles. The first-order valence-corrected chi connectivity index (χ1v) is 8.90. The van der Waals surface area contributed by atoms with Crippen molar-refractivity contribution in [1.29, 1.82) is 0 Å².